The monoisotopic (exact) mass is 389 g/mol. The Bertz CT molecular complexity index is 1120. The van der Waals surface area contributed by atoms with E-state index in [1.165, 1.54) is 29.4 Å². The maximum atomic E-state index is 13.0. The normalized spacial score (nSPS) is 10.8. The third-order valence-corrected chi connectivity index (χ3v) is 4.64. The van der Waals surface area contributed by atoms with E-state index in [2.05, 4.69) is 31.7 Å². The van der Waals surface area contributed by atoms with Crippen LogP contribution in [0.15, 0.2) is 67.1 Å². The Morgan fingerprint density at radius 3 is 2.76 bits per heavy atom. The van der Waals surface area contributed by atoms with Gasteiger partial charge in [-0.05, 0) is 35.7 Å². The second-order valence-electron chi connectivity index (χ2n) is 6.63. The van der Waals surface area contributed by atoms with Crippen molar-refractivity contribution in [2.75, 3.05) is 11.9 Å². The van der Waals surface area contributed by atoms with Gasteiger partial charge >= 0.3 is 0 Å². The van der Waals surface area contributed by atoms with Gasteiger partial charge in [-0.25, -0.2) is 14.4 Å². The number of anilines is 1. The van der Waals surface area contributed by atoms with E-state index in [0.717, 1.165) is 17.5 Å². The fourth-order valence-corrected chi connectivity index (χ4v) is 3.12. The zero-order chi connectivity index (χ0) is 20.1. The molecule has 3 N–H and O–H groups in total. The maximum absolute atomic E-state index is 13.0. The summed E-state index contributed by atoms with van der Waals surface area (Å²) in [5.74, 6) is -0.0255. The molecule has 2 aromatic heterocycles. The Labute approximate surface area is 167 Å². The average Bonchev–Trinajstić information content (AvgIpc) is 3.16. The Morgan fingerprint density at radius 1 is 1.07 bits per heavy atom. The number of aromatic amines is 1. The number of fused-ring (bicyclic) bond motifs is 1. The standard InChI is InChI=1S/C22H20FN5O/c23-17-7-5-15(6-8-17)12-26-22(29)20-11-21(28-14-27-20)24-10-9-16-13-25-19-4-2-1-3-18(16)19/h1-8,11,13-14,25H,9-10,12H2,(H,26,29)(H,24,27,28). The summed E-state index contributed by atoms with van der Waals surface area (Å²) in [6, 6.07) is 15.8. The Balaban J connectivity index is 1.33. The molecule has 0 aliphatic rings. The van der Waals surface area contributed by atoms with Gasteiger partial charge in [0, 0.05) is 36.3 Å². The van der Waals surface area contributed by atoms with E-state index in [4.69, 9.17) is 0 Å². The van der Waals surface area contributed by atoms with E-state index in [1.807, 2.05) is 24.4 Å². The molecule has 4 aromatic rings. The van der Waals surface area contributed by atoms with E-state index >= 15 is 0 Å². The van der Waals surface area contributed by atoms with Gasteiger partial charge in [0.1, 0.15) is 23.7 Å². The predicted octanol–water partition coefficient (Wildman–Crippen LogP) is 3.68. The number of nitrogens with one attached hydrogen (secondary N) is 3. The lowest BCUT2D eigenvalue weighted by atomic mass is 10.1. The minimum atomic E-state index is -0.309. The highest BCUT2D eigenvalue weighted by Crippen LogP contribution is 2.18. The topological polar surface area (TPSA) is 82.7 Å². The van der Waals surface area contributed by atoms with Crippen LogP contribution in [0.4, 0.5) is 10.2 Å². The molecule has 146 valence electrons. The van der Waals surface area contributed by atoms with E-state index in [-0.39, 0.29) is 17.4 Å². The highest BCUT2D eigenvalue weighted by atomic mass is 19.1. The third-order valence-electron chi connectivity index (χ3n) is 4.64. The van der Waals surface area contributed by atoms with Gasteiger partial charge in [0.15, 0.2) is 0 Å². The van der Waals surface area contributed by atoms with Gasteiger partial charge in [0.2, 0.25) is 0 Å². The molecule has 7 heteroatoms. The number of carbonyl (C=O) groups excluding carboxylic acids is 1. The van der Waals surface area contributed by atoms with E-state index in [0.29, 0.717) is 18.9 Å². The van der Waals surface area contributed by atoms with Crippen LogP contribution in [0.25, 0.3) is 10.9 Å². The molecule has 0 aliphatic carbocycles. The van der Waals surface area contributed by atoms with Crippen molar-refractivity contribution in [3.8, 4) is 0 Å². The first kappa shape index (κ1) is 18.6. The number of H-pyrrole nitrogens is 1. The molecule has 2 heterocycles. The second kappa shape index (κ2) is 8.52. The Kier molecular flexibility index (Phi) is 5.47. The van der Waals surface area contributed by atoms with Crippen molar-refractivity contribution >= 4 is 22.6 Å². The molecule has 0 bridgehead atoms. The highest BCUT2D eigenvalue weighted by Gasteiger charge is 2.09. The van der Waals surface area contributed by atoms with Crippen LogP contribution in [0.3, 0.4) is 0 Å². The van der Waals surface area contributed by atoms with E-state index < -0.39 is 0 Å². The molecule has 0 fully saturated rings. The highest BCUT2D eigenvalue weighted by molar-refractivity contribution is 5.92. The number of halogens is 1. The van der Waals surface area contributed by atoms with Crippen LogP contribution >= 0.6 is 0 Å². The number of rotatable bonds is 7. The zero-order valence-electron chi connectivity index (χ0n) is 15.7. The lowest BCUT2D eigenvalue weighted by Gasteiger charge is -2.08. The number of para-hydroxylation sites is 1. The van der Waals surface area contributed by atoms with Crippen LogP contribution < -0.4 is 10.6 Å². The maximum Gasteiger partial charge on any atom is 0.270 e. The largest absolute Gasteiger partial charge is 0.370 e. The van der Waals surface area contributed by atoms with Crippen molar-refractivity contribution in [3.63, 3.8) is 0 Å². The van der Waals surface area contributed by atoms with Crippen molar-refractivity contribution in [2.45, 2.75) is 13.0 Å². The first-order chi connectivity index (χ1) is 14.2. The number of nitrogens with zero attached hydrogens (tertiary/aromatic N) is 2. The third kappa shape index (κ3) is 4.57. The number of hydrogen-bond donors (Lipinski definition) is 3. The molecule has 0 spiro atoms. The van der Waals surface area contributed by atoms with Crippen LogP contribution in [0.5, 0.6) is 0 Å². The van der Waals surface area contributed by atoms with Crippen LogP contribution in [-0.4, -0.2) is 27.4 Å². The molecule has 0 saturated heterocycles. The molecule has 4 rings (SSSR count). The summed E-state index contributed by atoms with van der Waals surface area (Å²) in [6.07, 6.45) is 4.20. The zero-order valence-corrected chi connectivity index (χ0v) is 15.7. The molecule has 0 aliphatic heterocycles. The second-order valence-corrected chi connectivity index (χ2v) is 6.63. The summed E-state index contributed by atoms with van der Waals surface area (Å²) < 4.78 is 13.0. The first-order valence-corrected chi connectivity index (χ1v) is 9.32. The van der Waals surface area contributed by atoms with Gasteiger partial charge < -0.3 is 15.6 Å². The summed E-state index contributed by atoms with van der Waals surface area (Å²) in [7, 11) is 0. The summed E-state index contributed by atoms with van der Waals surface area (Å²) in [6.45, 7) is 0.974. The number of aromatic nitrogens is 3. The van der Waals surface area contributed by atoms with Crippen LogP contribution in [0, 0.1) is 5.82 Å². The van der Waals surface area contributed by atoms with Gasteiger partial charge in [-0.1, -0.05) is 30.3 Å². The molecule has 0 saturated carbocycles. The number of hydrogen-bond acceptors (Lipinski definition) is 4. The number of amides is 1. The molecule has 2 aromatic carbocycles. The SMILES string of the molecule is O=C(NCc1ccc(F)cc1)c1cc(NCCc2c[nH]c3ccccc23)ncn1. The molecular formula is C22H20FN5O. The lowest BCUT2D eigenvalue weighted by molar-refractivity contribution is 0.0946. The van der Waals surface area contributed by atoms with Gasteiger partial charge in [-0.3, -0.25) is 4.79 Å². The van der Waals surface area contributed by atoms with E-state index in [1.54, 1.807) is 18.2 Å². The number of benzene rings is 2. The smallest absolute Gasteiger partial charge is 0.270 e. The quantitative estimate of drug-likeness (QED) is 0.450. The van der Waals surface area contributed by atoms with E-state index in [9.17, 15) is 9.18 Å². The van der Waals surface area contributed by atoms with Gasteiger partial charge in [-0.2, -0.15) is 0 Å². The fourth-order valence-electron chi connectivity index (χ4n) is 3.12. The van der Waals surface area contributed by atoms with Crippen molar-refractivity contribution in [2.24, 2.45) is 0 Å². The minimum absolute atomic E-state index is 0.275. The summed E-state index contributed by atoms with van der Waals surface area (Å²) in [5, 5.41) is 7.22. The van der Waals surface area contributed by atoms with Gasteiger partial charge in [0.25, 0.3) is 5.91 Å². The Hall–Kier alpha value is -3.74. The van der Waals surface area contributed by atoms with Crippen molar-refractivity contribution in [1.29, 1.82) is 0 Å². The van der Waals surface area contributed by atoms with Crippen molar-refractivity contribution in [1.82, 2.24) is 20.3 Å². The van der Waals surface area contributed by atoms with Crippen LogP contribution in [0.2, 0.25) is 0 Å². The fraction of sp³-hybridized carbons (Fsp3) is 0.136. The molecule has 1 amide bonds. The average molecular weight is 389 g/mol. The molecular weight excluding hydrogens is 369 g/mol. The predicted molar refractivity (Wildman–Crippen MR) is 110 cm³/mol. The minimum Gasteiger partial charge on any atom is -0.370 e. The lowest BCUT2D eigenvalue weighted by Crippen LogP contribution is -2.24. The first-order valence-electron chi connectivity index (χ1n) is 9.32. The van der Waals surface area contributed by atoms with Crippen molar-refractivity contribution < 1.29 is 9.18 Å². The van der Waals surface area contributed by atoms with Crippen LogP contribution in [-0.2, 0) is 13.0 Å². The Morgan fingerprint density at radius 2 is 1.90 bits per heavy atom. The van der Waals surface area contributed by atoms with Crippen LogP contribution in [0.1, 0.15) is 21.6 Å². The molecule has 0 radical (unpaired) electrons. The summed E-state index contributed by atoms with van der Waals surface area (Å²) in [4.78, 5) is 23.8. The van der Waals surface area contributed by atoms with Gasteiger partial charge in [0.05, 0.1) is 0 Å². The molecule has 0 unspecified atom stereocenters. The van der Waals surface area contributed by atoms with Gasteiger partial charge in [-0.15, -0.1) is 0 Å². The number of carbonyl (C=O) groups is 1. The summed E-state index contributed by atoms with van der Waals surface area (Å²) in [5.41, 5.74) is 3.42. The van der Waals surface area contributed by atoms with Crippen molar-refractivity contribution in [3.05, 3.63) is 89.8 Å². The molecule has 29 heavy (non-hydrogen) atoms. The molecule has 0 atom stereocenters. The molecule has 6 nitrogen and oxygen atoms in total. The summed E-state index contributed by atoms with van der Waals surface area (Å²) >= 11 is 0.